The van der Waals surface area contributed by atoms with E-state index in [1.54, 1.807) is 36.4 Å². The van der Waals surface area contributed by atoms with E-state index < -0.39 is 11.7 Å². The van der Waals surface area contributed by atoms with Crippen LogP contribution in [0.5, 0.6) is 0 Å². The van der Waals surface area contributed by atoms with Crippen LogP contribution in [0.3, 0.4) is 0 Å². The van der Waals surface area contributed by atoms with Crippen LogP contribution in [-0.4, -0.2) is 16.8 Å². The van der Waals surface area contributed by atoms with Crippen LogP contribution in [0.2, 0.25) is 0 Å². The Balaban J connectivity index is 1.50. The van der Waals surface area contributed by atoms with E-state index >= 15 is 0 Å². The quantitative estimate of drug-likeness (QED) is 0.526. The van der Waals surface area contributed by atoms with Crippen LogP contribution < -0.4 is 10.6 Å². The zero-order valence-corrected chi connectivity index (χ0v) is 15.2. The van der Waals surface area contributed by atoms with Crippen molar-refractivity contribution >= 4 is 34.1 Å². The van der Waals surface area contributed by atoms with Gasteiger partial charge in [-0.3, -0.25) is 9.59 Å². The number of hydrogen-bond acceptors (Lipinski definition) is 3. The Kier molecular flexibility index (Phi) is 4.99. The highest BCUT2D eigenvalue weighted by atomic mass is 19.1. The van der Waals surface area contributed by atoms with E-state index in [0.29, 0.717) is 16.9 Å². The first-order valence-electron chi connectivity index (χ1n) is 8.93. The molecular weight excluding hydrogens is 369 g/mol. The number of nitrogens with zero attached hydrogens (tertiary/aromatic N) is 1. The van der Waals surface area contributed by atoms with Gasteiger partial charge in [-0.25, -0.2) is 9.37 Å². The molecule has 0 saturated carbocycles. The molecule has 0 unspecified atom stereocenters. The first kappa shape index (κ1) is 18.3. The molecule has 1 aromatic heterocycles. The summed E-state index contributed by atoms with van der Waals surface area (Å²) >= 11 is 0. The molecule has 0 radical (unpaired) electrons. The summed E-state index contributed by atoms with van der Waals surface area (Å²) in [6, 6.07) is 23.1. The van der Waals surface area contributed by atoms with Gasteiger partial charge < -0.3 is 10.6 Å². The number of anilines is 2. The average molecular weight is 385 g/mol. The minimum absolute atomic E-state index is 0.276. The van der Waals surface area contributed by atoms with Crippen LogP contribution >= 0.6 is 0 Å². The standard InChI is InChI=1S/C23H16FN3O2/c24-17-7-4-9-19(14-17)25-22(28)16-6-3-8-18(13-16)26-23(29)21-12-11-15-5-1-2-10-20(15)27-21/h1-14H,(H,25,28)(H,26,29). The fourth-order valence-electron chi connectivity index (χ4n) is 2.90. The van der Waals surface area contributed by atoms with Gasteiger partial charge in [0, 0.05) is 22.3 Å². The van der Waals surface area contributed by atoms with Crippen molar-refractivity contribution in [2.24, 2.45) is 0 Å². The lowest BCUT2D eigenvalue weighted by Crippen LogP contribution is -2.15. The predicted molar refractivity (Wildman–Crippen MR) is 110 cm³/mol. The van der Waals surface area contributed by atoms with Crippen LogP contribution in [0, 0.1) is 5.82 Å². The molecule has 0 saturated heterocycles. The van der Waals surface area contributed by atoms with E-state index in [4.69, 9.17) is 0 Å². The number of aromatic nitrogens is 1. The van der Waals surface area contributed by atoms with Crippen molar-refractivity contribution in [3.8, 4) is 0 Å². The Hall–Kier alpha value is -4.06. The van der Waals surface area contributed by atoms with Crippen LogP contribution in [0.15, 0.2) is 84.9 Å². The second-order valence-corrected chi connectivity index (χ2v) is 6.39. The topological polar surface area (TPSA) is 71.1 Å². The van der Waals surface area contributed by atoms with Gasteiger partial charge >= 0.3 is 0 Å². The smallest absolute Gasteiger partial charge is 0.274 e. The Labute approximate surface area is 166 Å². The maximum Gasteiger partial charge on any atom is 0.274 e. The molecule has 4 rings (SSSR count). The third-order valence-corrected chi connectivity index (χ3v) is 4.30. The molecule has 0 spiro atoms. The van der Waals surface area contributed by atoms with Crippen molar-refractivity contribution in [3.05, 3.63) is 102 Å². The number of nitrogens with one attached hydrogen (secondary N) is 2. The van der Waals surface area contributed by atoms with Crippen molar-refractivity contribution in [1.82, 2.24) is 4.98 Å². The highest BCUT2D eigenvalue weighted by Crippen LogP contribution is 2.16. The van der Waals surface area contributed by atoms with E-state index in [1.807, 2.05) is 30.3 Å². The number of para-hydroxylation sites is 1. The molecule has 1 heterocycles. The number of hydrogen-bond donors (Lipinski definition) is 2. The predicted octanol–water partition coefficient (Wildman–Crippen LogP) is 4.88. The summed E-state index contributed by atoms with van der Waals surface area (Å²) in [5.74, 6) is -1.22. The first-order chi connectivity index (χ1) is 14.1. The van der Waals surface area contributed by atoms with Gasteiger partial charge in [0.05, 0.1) is 5.52 Å². The van der Waals surface area contributed by atoms with Gasteiger partial charge in [-0.1, -0.05) is 36.4 Å². The number of benzene rings is 3. The van der Waals surface area contributed by atoms with Crippen molar-refractivity contribution < 1.29 is 14.0 Å². The number of pyridine rings is 1. The number of carbonyl (C=O) groups excluding carboxylic acids is 2. The average Bonchev–Trinajstić information content (AvgIpc) is 2.73. The number of fused-ring (bicyclic) bond motifs is 1. The zero-order valence-electron chi connectivity index (χ0n) is 15.2. The lowest BCUT2D eigenvalue weighted by Gasteiger charge is -2.09. The van der Waals surface area contributed by atoms with Gasteiger partial charge in [0.25, 0.3) is 11.8 Å². The Bertz CT molecular complexity index is 1220. The number of amides is 2. The van der Waals surface area contributed by atoms with Crippen LogP contribution in [-0.2, 0) is 0 Å². The van der Waals surface area contributed by atoms with Gasteiger partial charge in [0.15, 0.2) is 0 Å². The van der Waals surface area contributed by atoms with Gasteiger partial charge in [-0.15, -0.1) is 0 Å². The molecule has 0 aliphatic rings. The Morgan fingerprint density at radius 2 is 1.45 bits per heavy atom. The molecule has 2 amide bonds. The second kappa shape index (κ2) is 7.90. The largest absolute Gasteiger partial charge is 0.322 e. The van der Waals surface area contributed by atoms with Crippen LogP contribution in [0.4, 0.5) is 15.8 Å². The zero-order chi connectivity index (χ0) is 20.2. The third kappa shape index (κ3) is 4.27. The van der Waals surface area contributed by atoms with E-state index in [0.717, 1.165) is 10.9 Å². The molecule has 4 aromatic rings. The van der Waals surface area contributed by atoms with E-state index in [2.05, 4.69) is 15.6 Å². The molecule has 142 valence electrons. The maximum atomic E-state index is 13.3. The van der Waals surface area contributed by atoms with Gasteiger partial charge in [-0.05, 0) is 48.5 Å². The van der Waals surface area contributed by atoms with Crippen molar-refractivity contribution in [1.29, 1.82) is 0 Å². The van der Waals surface area contributed by atoms with E-state index in [-0.39, 0.29) is 11.6 Å². The van der Waals surface area contributed by atoms with E-state index in [1.165, 1.54) is 18.2 Å². The molecule has 0 aliphatic heterocycles. The summed E-state index contributed by atoms with van der Waals surface area (Å²) in [5, 5.41) is 6.32. The molecular formula is C23H16FN3O2. The third-order valence-electron chi connectivity index (χ3n) is 4.30. The van der Waals surface area contributed by atoms with Crippen molar-refractivity contribution in [2.45, 2.75) is 0 Å². The fraction of sp³-hybridized carbons (Fsp3) is 0. The fourth-order valence-corrected chi connectivity index (χ4v) is 2.90. The minimum atomic E-state index is -0.438. The van der Waals surface area contributed by atoms with Crippen molar-refractivity contribution in [3.63, 3.8) is 0 Å². The molecule has 29 heavy (non-hydrogen) atoms. The Morgan fingerprint density at radius 1 is 0.724 bits per heavy atom. The molecule has 2 N–H and O–H groups in total. The summed E-state index contributed by atoms with van der Waals surface area (Å²) < 4.78 is 13.3. The molecule has 0 atom stereocenters. The SMILES string of the molecule is O=C(Nc1cccc(F)c1)c1cccc(NC(=O)c2ccc3ccccc3n2)c1. The molecule has 0 fully saturated rings. The van der Waals surface area contributed by atoms with Crippen LogP contribution in [0.25, 0.3) is 10.9 Å². The lowest BCUT2D eigenvalue weighted by molar-refractivity contribution is 0.101. The van der Waals surface area contributed by atoms with Crippen molar-refractivity contribution in [2.75, 3.05) is 10.6 Å². The summed E-state index contributed by atoms with van der Waals surface area (Å²) in [4.78, 5) is 29.3. The number of carbonyl (C=O) groups is 2. The summed E-state index contributed by atoms with van der Waals surface area (Å²) in [5.41, 5.74) is 2.14. The summed E-state index contributed by atoms with van der Waals surface area (Å²) in [7, 11) is 0. The summed E-state index contributed by atoms with van der Waals surface area (Å²) in [6.07, 6.45) is 0. The molecule has 6 heteroatoms. The summed E-state index contributed by atoms with van der Waals surface area (Å²) in [6.45, 7) is 0. The van der Waals surface area contributed by atoms with Crippen LogP contribution in [0.1, 0.15) is 20.8 Å². The van der Waals surface area contributed by atoms with E-state index in [9.17, 15) is 14.0 Å². The number of rotatable bonds is 4. The van der Waals surface area contributed by atoms with Gasteiger partial charge in [-0.2, -0.15) is 0 Å². The monoisotopic (exact) mass is 385 g/mol. The highest BCUT2D eigenvalue weighted by molar-refractivity contribution is 6.07. The van der Waals surface area contributed by atoms with Gasteiger partial charge in [0.1, 0.15) is 11.5 Å². The first-order valence-corrected chi connectivity index (χ1v) is 8.93. The second-order valence-electron chi connectivity index (χ2n) is 6.39. The minimum Gasteiger partial charge on any atom is -0.322 e. The molecule has 3 aromatic carbocycles. The Morgan fingerprint density at radius 3 is 2.28 bits per heavy atom. The lowest BCUT2D eigenvalue weighted by atomic mass is 10.1. The maximum absolute atomic E-state index is 13.3. The van der Waals surface area contributed by atoms with Gasteiger partial charge in [0.2, 0.25) is 0 Å². The normalized spacial score (nSPS) is 10.5. The highest BCUT2D eigenvalue weighted by Gasteiger charge is 2.11. The molecule has 0 bridgehead atoms. The molecule has 0 aliphatic carbocycles. The molecule has 5 nitrogen and oxygen atoms in total. The number of halogens is 1.